The molecule has 5 aromatic rings. The van der Waals surface area contributed by atoms with E-state index in [0.717, 1.165) is 28.1 Å². The number of amides is 2. The van der Waals surface area contributed by atoms with E-state index >= 15 is 0 Å². The van der Waals surface area contributed by atoms with E-state index in [2.05, 4.69) is 9.44 Å². The van der Waals surface area contributed by atoms with E-state index in [1.54, 1.807) is 42.5 Å². The minimum absolute atomic E-state index is 0.134. The van der Waals surface area contributed by atoms with Gasteiger partial charge in [-0.1, -0.05) is 92.7 Å². The van der Waals surface area contributed by atoms with Gasteiger partial charge in [-0.15, -0.1) is 0 Å². The molecule has 0 aromatic heterocycles. The van der Waals surface area contributed by atoms with Crippen LogP contribution in [0.15, 0.2) is 137 Å². The van der Waals surface area contributed by atoms with Crippen LogP contribution in [0.1, 0.15) is 36.1 Å². The van der Waals surface area contributed by atoms with Crippen LogP contribution in [0.4, 0.5) is 5.69 Å². The largest absolute Gasteiger partial charge is 0.301 e. The summed E-state index contributed by atoms with van der Waals surface area (Å²) in [6, 6.07) is 34.8. The van der Waals surface area contributed by atoms with Crippen molar-refractivity contribution in [3.05, 3.63) is 150 Å². The quantitative estimate of drug-likeness (QED) is 0.0564. The maximum absolute atomic E-state index is 12.6. The lowest BCUT2D eigenvalue weighted by atomic mass is 10.1. The summed E-state index contributed by atoms with van der Waals surface area (Å²) in [5.41, 5.74) is 7.42. The molecular formula is C39H40N4O7S2. The molecule has 270 valence electrons. The van der Waals surface area contributed by atoms with Crippen molar-refractivity contribution in [2.45, 2.75) is 42.5 Å². The van der Waals surface area contributed by atoms with Gasteiger partial charge in [0.25, 0.3) is 11.8 Å². The highest BCUT2D eigenvalue weighted by atomic mass is 32.2. The summed E-state index contributed by atoms with van der Waals surface area (Å²) in [6.45, 7) is 4.00. The van der Waals surface area contributed by atoms with Gasteiger partial charge >= 0.3 is 0 Å². The maximum Gasteiger partial charge on any atom is 0.267 e. The molecule has 52 heavy (non-hydrogen) atoms. The Kier molecular flexibility index (Phi) is 14.6. The first-order valence-electron chi connectivity index (χ1n) is 16.3. The van der Waals surface area contributed by atoms with Crippen LogP contribution in [0.2, 0.25) is 0 Å². The standard InChI is InChI=1S/C19H16N2O3S.C18H18N2O4S.C2H6/c22-19(20-23)12-7-14-5-10-18(11-6-14)25(24)21-17-9-8-15-3-1-2-4-16(15)13-17;21-18(19-22)9-8-13-4-3-7-17(10-13)25(23,24)20-16-11-14-5-1-2-6-15(14)12-16;1-2/h1-13,21,23H,(H,20,22);1-10,16,20,22H,11-12H2,(H,19,21);1-2H3/b12-7+;9-8+;. The van der Waals surface area contributed by atoms with Crippen molar-refractivity contribution >= 4 is 61.4 Å². The zero-order valence-electron chi connectivity index (χ0n) is 28.5. The molecule has 1 unspecified atom stereocenters. The molecule has 2 amide bonds. The van der Waals surface area contributed by atoms with Crippen molar-refractivity contribution in [3.8, 4) is 0 Å². The van der Waals surface area contributed by atoms with Gasteiger partial charge in [-0.05, 0) is 94.4 Å². The molecule has 5 aromatic carbocycles. The van der Waals surface area contributed by atoms with Gasteiger partial charge in [-0.2, -0.15) is 0 Å². The van der Waals surface area contributed by atoms with Crippen LogP contribution in [0, 0.1) is 0 Å². The van der Waals surface area contributed by atoms with Crippen molar-refractivity contribution in [3.63, 3.8) is 0 Å². The van der Waals surface area contributed by atoms with Crippen LogP contribution in [0.25, 0.3) is 22.9 Å². The Hall–Kier alpha value is -5.44. The predicted molar refractivity (Wildman–Crippen MR) is 204 cm³/mol. The lowest BCUT2D eigenvalue weighted by Gasteiger charge is -2.13. The van der Waals surface area contributed by atoms with Crippen molar-refractivity contribution in [2.75, 3.05) is 4.72 Å². The summed E-state index contributed by atoms with van der Waals surface area (Å²) in [5.74, 6) is -1.29. The van der Waals surface area contributed by atoms with Gasteiger partial charge in [0.05, 0.1) is 9.79 Å². The molecule has 1 aliphatic rings. The first kappa shape index (κ1) is 39.3. The van der Waals surface area contributed by atoms with Crippen molar-refractivity contribution in [1.82, 2.24) is 15.7 Å². The van der Waals surface area contributed by atoms with Gasteiger partial charge in [-0.25, -0.2) is 28.3 Å². The van der Waals surface area contributed by atoms with Crippen LogP contribution in [-0.4, -0.2) is 40.9 Å². The fraction of sp³-hybridized carbons (Fsp3) is 0.128. The van der Waals surface area contributed by atoms with Gasteiger partial charge in [0.2, 0.25) is 10.0 Å². The van der Waals surface area contributed by atoms with E-state index in [9.17, 15) is 22.2 Å². The molecule has 0 radical (unpaired) electrons. The van der Waals surface area contributed by atoms with Gasteiger partial charge in [0.15, 0.2) is 0 Å². The first-order valence-corrected chi connectivity index (χ1v) is 19.0. The van der Waals surface area contributed by atoms with Gasteiger partial charge in [0.1, 0.15) is 11.0 Å². The number of sulfonamides is 1. The SMILES string of the molecule is CC.O=C(/C=C/c1ccc(S(=O)Nc2ccc3ccccc3c2)cc1)NO.O=C(/C=C/c1cccc(S(=O)(=O)NC2Cc3ccccc3C2)c1)NO. The van der Waals surface area contributed by atoms with Crippen LogP contribution in [0.3, 0.4) is 0 Å². The second kappa shape index (κ2) is 19.2. The van der Waals surface area contributed by atoms with Crippen molar-refractivity contribution in [2.24, 2.45) is 0 Å². The number of rotatable bonds is 10. The second-order valence-corrected chi connectivity index (χ2v) is 14.1. The summed E-state index contributed by atoms with van der Waals surface area (Å²) >= 11 is 0. The number of carbonyl (C=O) groups is 2. The van der Waals surface area contributed by atoms with Gasteiger partial charge in [0, 0.05) is 23.9 Å². The highest BCUT2D eigenvalue weighted by Gasteiger charge is 2.26. The van der Waals surface area contributed by atoms with E-state index in [4.69, 9.17) is 10.4 Å². The van der Waals surface area contributed by atoms with Crippen LogP contribution in [0.5, 0.6) is 0 Å². The molecule has 0 saturated carbocycles. The predicted octanol–water partition coefficient (Wildman–Crippen LogP) is 6.17. The minimum atomic E-state index is -3.66. The summed E-state index contributed by atoms with van der Waals surface area (Å²) in [6.07, 6.45) is 6.65. The Labute approximate surface area is 305 Å². The van der Waals surface area contributed by atoms with E-state index in [1.807, 2.05) is 80.6 Å². The number of hydrogen-bond donors (Lipinski definition) is 6. The van der Waals surface area contributed by atoms with Gasteiger partial charge in [-0.3, -0.25) is 20.0 Å². The third-order valence-electron chi connectivity index (χ3n) is 7.67. The molecule has 0 aliphatic heterocycles. The number of nitrogens with one attached hydrogen (secondary N) is 4. The molecule has 0 fully saturated rings. The zero-order valence-corrected chi connectivity index (χ0v) is 30.2. The first-order chi connectivity index (χ1) is 25.1. The monoisotopic (exact) mass is 740 g/mol. The highest BCUT2D eigenvalue weighted by molar-refractivity contribution is 7.89. The topological polar surface area (TPSA) is 174 Å². The average Bonchev–Trinajstić information content (AvgIpc) is 3.59. The summed E-state index contributed by atoms with van der Waals surface area (Å²) in [5, 5.41) is 19.1. The molecule has 1 aliphatic carbocycles. The summed E-state index contributed by atoms with van der Waals surface area (Å²) < 4.78 is 43.5. The Morgan fingerprint density at radius 3 is 1.88 bits per heavy atom. The molecule has 13 heteroatoms. The third-order valence-corrected chi connectivity index (χ3v) is 10.3. The fourth-order valence-electron chi connectivity index (χ4n) is 5.25. The molecule has 6 rings (SSSR count). The normalized spacial score (nSPS) is 13.0. The molecule has 0 bridgehead atoms. The minimum Gasteiger partial charge on any atom is -0.301 e. The van der Waals surface area contributed by atoms with Crippen LogP contribution in [-0.2, 0) is 43.4 Å². The Morgan fingerprint density at radius 2 is 1.27 bits per heavy atom. The van der Waals surface area contributed by atoms with Gasteiger partial charge < -0.3 is 4.72 Å². The Bertz CT molecular complexity index is 2160. The Morgan fingerprint density at radius 1 is 0.692 bits per heavy atom. The van der Waals surface area contributed by atoms with E-state index < -0.39 is 32.8 Å². The Balaban J connectivity index is 0.000000222. The number of benzene rings is 5. The number of fused-ring (bicyclic) bond motifs is 2. The number of hydroxylamine groups is 2. The molecular weight excluding hydrogens is 701 g/mol. The van der Waals surface area contributed by atoms with E-state index in [0.29, 0.717) is 23.3 Å². The maximum atomic E-state index is 12.6. The fourth-order valence-corrected chi connectivity index (χ4v) is 7.39. The highest BCUT2D eigenvalue weighted by Crippen LogP contribution is 2.24. The van der Waals surface area contributed by atoms with Crippen molar-refractivity contribution < 1.29 is 32.6 Å². The lowest BCUT2D eigenvalue weighted by molar-refractivity contribution is -0.124. The third kappa shape index (κ3) is 11.3. The number of hydrogen-bond acceptors (Lipinski definition) is 7. The summed E-state index contributed by atoms with van der Waals surface area (Å²) in [4.78, 5) is 22.7. The molecule has 0 spiro atoms. The van der Waals surface area contributed by atoms with Crippen LogP contribution < -0.4 is 20.4 Å². The molecule has 11 nitrogen and oxygen atoms in total. The lowest BCUT2D eigenvalue weighted by Crippen LogP contribution is -2.35. The summed E-state index contributed by atoms with van der Waals surface area (Å²) in [7, 11) is -5.06. The molecule has 0 heterocycles. The zero-order chi connectivity index (χ0) is 37.5. The smallest absolute Gasteiger partial charge is 0.267 e. The second-order valence-electron chi connectivity index (χ2n) is 11.2. The molecule has 6 N–H and O–H groups in total. The number of anilines is 1. The van der Waals surface area contributed by atoms with E-state index in [-0.39, 0.29) is 10.9 Å². The average molecular weight is 741 g/mol. The van der Waals surface area contributed by atoms with E-state index in [1.165, 1.54) is 46.4 Å². The van der Waals surface area contributed by atoms with Crippen LogP contribution >= 0.6 is 0 Å². The molecule has 0 saturated heterocycles. The van der Waals surface area contributed by atoms with Crippen molar-refractivity contribution in [1.29, 1.82) is 0 Å². The number of carbonyl (C=O) groups excluding carboxylic acids is 2. The molecule has 1 atom stereocenters.